The van der Waals surface area contributed by atoms with E-state index in [0.717, 1.165) is 44.9 Å². The van der Waals surface area contributed by atoms with Gasteiger partial charge in [-0.05, 0) is 25.7 Å². The highest BCUT2D eigenvalue weighted by atomic mass is 16.5. The SMILES string of the molecule is COC(=O)C1CCCCCC1NC(=O)c1cnn(C2CCCCC2)c1. The number of rotatable bonds is 4. The van der Waals surface area contributed by atoms with E-state index in [1.165, 1.54) is 26.4 Å². The molecule has 1 heterocycles. The van der Waals surface area contributed by atoms with E-state index in [4.69, 9.17) is 4.74 Å². The van der Waals surface area contributed by atoms with Crippen molar-refractivity contribution in [2.45, 2.75) is 76.3 Å². The molecule has 6 nitrogen and oxygen atoms in total. The van der Waals surface area contributed by atoms with Crippen LogP contribution in [0.1, 0.15) is 80.6 Å². The lowest BCUT2D eigenvalue weighted by molar-refractivity contribution is -0.146. The highest BCUT2D eigenvalue weighted by Gasteiger charge is 2.32. The Hall–Kier alpha value is -1.85. The molecule has 3 rings (SSSR count). The summed E-state index contributed by atoms with van der Waals surface area (Å²) >= 11 is 0. The smallest absolute Gasteiger partial charge is 0.310 e. The van der Waals surface area contributed by atoms with E-state index in [1.54, 1.807) is 6.20 Å². The Kier molecular flexibility index (Phi) is 6.10. The van der Waals surface area contributed by atoms with Gasteiger partial charge >= 0.3 is 5.97 Å². The molecular formula is C19H29N3O3. The molecule has 0 aromatic carbocycles. The monoisotopic (exact) mass is 347 g/mol. The molecule has 6 heteroatoms. The standard InChI is InChI=1S/C19H29N3O3/c1-25-19(24)16-10-6-3-7-11-17(16)21-18(23)14-12-20-22(13-14)15-8-4-2-5-9-15/h12-13,15-17H,2-11H2,1H3,(H,21,23). The van der Waals surface area contributed by atoms with Crippen LogP contribution in [0.2, 0.25) is 0 Å². The Labute approximate surface area is 149 Å². The van der Waals surface area contributed by atoms with Gasteiger partial charge in [-0.2, -0.15) is 5.10 Å². The fraction of sp³-hybridized carbons (Fsp3) is 0.737. The molecular weight excluding hydrogens is 318 g/mol. The van der Waals surface area contributed by atoms with Crippen molar-refractivity contribution in [2.75, 3.05) is 7.11 Å². The summed E-state index contributed by atoms with van der Waals surface area (Å²) in [5.74, 6) is -0.599. The molecule has 2 atom stereocenters. The summed E-state index contributed by atoms with van der Waals surface area (Å²) in [5.41, 5.74) is 0.582. The number of nitrogens with zero attached hydrogens (tertiary/aromatic N) is 2. The Bertz CT molecular complexity index is 592. The molecule has 2 aliphatic rings. The van der Waals surface area contributed by atoms with E-state index < -0.39 is 0 Å². The summed E-state index contributed by atoms with van der Waals surface area (Å²) in [6, 6.07) is 0.261. The fourth-order valence-corrected chi connectivity index (χ4v) is 4.17. The van der Waals surface area contributed by atoms with Crippen LogP contribution in [0.4, 0.5) is 0 Å². The maximum absolute atomic E-state index is 12.7. The number of hydrogen-bond donors (Lipinski definition) is 1. The van der Waals surface area contributed by atoms with Crippen molar-refractivity contribution in [3.63, 3.8) is 0 Å². The summed E-state index contributed by atoms with van der Waals surface area (Å²) < 4.78 is 6.88. The molecule has 2 saturated carbocycles. The van der Waals surface area contributed by atoms with Crippen molar-refractivity contribution in [2.24, 2.45) is 5.92 Å². The number of nitrogens with one attached hydrogen (secondary N) is 1. The number of aromatic nitrogens is 2. The first-order valence-corrected chi connectivity index (χ1v) is 9.62. The Balaban J connectivity index is 1.65. The van der Waals surface area contributed by atoms with Gasteiger partial charge in [0, 0.05) is 12.2 Å². The average molecular weight is 347 g/mol. The molecule has 0 saturated heterocycles. The maximum Gasteiger partial charge on any atom is 0.310 e. The Morgan fingerprint density at radius 1 is 1.08 bits per heavy atom. The largest absolute Gasteiger partial charge is 0.469 e. The van der Waals surface area contributed by atoms with E-state index in [2.05, 4.69) is 10.4 Å². The van der Waals surface area contributed by atoms with Gasteiger partial charge in [0.15, 0.2) is 0 Å². The molecule has 1 aromatic rings. The van der Waals surface area contributed by atoms with Crippen molar-refractivity contribution in [3.05, 3.63) is 18.0 Å². The number of methoxy groups -OCH3 is 1. The van der Waals surface area contributed by atoms with E-state index in [1.807, 2.05) is 10.9 Å². The van der Waals surface area contributed by atoms with Crippen molar-refractivity contribution < 1.29 is 14.3 Å². The van der Waals surface area contributed by atoms with Gasteiger partial charge < -0.3 is 10.1 Å². The molecule has 2 fully saturated rings. The molecule has 138 valence electrons. The summed E-state index contributed by atoms with van der Waals surface area (Å²) in [6.45, 7) is 0. The van der Waals surface area contributed by atoms with Gasteiger partial charge in [0.1, 0.15) is 0 Å². The first-order chi connectivity index (χ1) is 12.2. The van der Waals surface area contributed by atoms with Gasteiger partial charge in [0.2, 0.25) is 0 Å². The number of hydrogen-bond acceptors (Lipinski definition) is 4. The van der Waals surface area contributed by atoms with Crippen LogP contribution in [0.25, 0.3) is 0 Å². The van der Waals surface area contributed by atoms with Crippen molar-refractivity contribution >= 4 is 11.9 Å². The third-order valence-electron chi connectivity index (χ3n) is 5.65. The topological polar surface area (TPSA) is 73.2 Å². The molecule has 1 amide bonds. The summed E-state index contributed by atoms with van der Waals surface area (Å²) in [4.78, 5) is 24.7. The highest BCUT2D eigenvalue weighted by molar-refractivity contribution is 5.94. The van der Waals surface area contributed by atoms with Crippen LogP contribution in [0.3, 0.4) is 0 Å². The van der Waals surface area contributed by atoms with E-state index in [9.17, 15) is 9.59 Å². The van der Waals surface area contributed by atoms with Gasteiger partial charge in [-0.1, -0.05) is 38.5 Å². The second-order valence-corrected chi connectivity index (χ2v) is 7.35. The molecule has 1 aromatic heterocycles. The number of carbonyl (C=O) groups is 2. The van der Waals surface area contributed by atoms with Crippen LogP contribution in [-0.2, 0) is 9.53 Å². The van der Waals surface area contributed by atoms with Gasteiger partial charge in [-0.15, -0.1) is 0 Å². The average Bonchev–Trinajstić information content (AvgIpc) is 3.03. The zero-order valence-electron chi connectivity index (χ0n) is 15.1. The number of esters is 1. The molecule has 0 spiro atoms. The predicted octanol–water partition coefficient (Wildman–Crippen LogP) is 3.24. The maximum atomic E-state index is 12.7. The van der Waals surface area contributed by atoms with Crippen LogP contribution < -0.4 is 5.32 Å². The molecule has 2 unspecified atom stereocenters. The van der Waals surface area contributed by atoms with Crippen LogP contribution >= 0.6 is 0 Å². The zero-order chi connectivity index (χ0) is 17.6. The minimum absolute atomic E-state index is 0.136. The first-order valence-electron chi connectivity index (χ1n) is 9.62. The normalized spacial score (nSPS) is 25.2. The lowest BCUT2D eigenvalue weighted by Crippen LogP contribution is -2.43. The predicted molar refractivity (Wildman–Crippen MR) is 94.2 cm³/mol. The molecule has 0 aliphatic heterocycles. The van der Waals surface area contributed by atoms with Crippen LogP contribution in [0.5, 0.6) is 0 Å². The third-order valence-corrected chi connectivity index (χ3v) is 5.65. The van der Waals surface area contributed by atoms with Gasteiger partial charge in [0.25, 0.3) is 5.91 Å². The number of amides is 1. The first kappa shape index (κ1) is 18.0. The Morgan fingerprint density at radius 2 is 1.76 bits per heavy atom. The zero-order valence-corrected chi connectivity index (χ0v) is 15.1. The molecule has 1 N–H and O–H groups in total. The van der Waals surface area contributed by atoms with Crippen molar-refractivity contribution in [3.8, 4) is 0 Å². The molecule has 0 bridgehead atoms. The molecule has 2 aliphatic carbocycles. The van der Waals surface area contributed by atoms with E-state index in [-0.39, 0.29) is 23.8 Å². The van der Waals surface area contributed by atoms with Crippen molar-refractivity contribution in [1.29, 1.82) is 0 Å². The minimum Gasteiger partial charge on any atom is -0.469 e. The van der Waals surface area contributed by atoms with Gasteiger partial charge in [0.05, 0.1) is 30.8 Å². The summed E-state index contributed by atoms with van der Waals surface area (Å²) in [5, 5.41) is 7.47. The van der Waals surface area contributed by atoms with Gasteiger partial charge in [-0.3, -0.25) is 14.3 Å². The minimum atomic E-state index is -0.246. The third kappa shape index (κ3) is 4.41. The Morgan fingerprint density at radius 3 is 2.48 bits per heavy atom. The fourth-order valence-electron chi connectivity index (χ4n) is 4.17. The van der Waals surface area contributed by atoms with Gasteiger partial charge in [-0.25, -0.2) is 0 Å². The van der Waals surface area contributed by atoms with Crippen molar-refractivity contribution in [1.82, 2.24) is 15.1 Å². The lowest BCUT2D eigenvalue weighted by atomic mass is 9.94. The molecule has 0 radical (unpaired) electrons. The second kappa shape index (κ2) is 8.50. The lowest BCUT2D eigenvalue weighted by Gasteiger charge is -2.24. The highest BCUT2D eigenvalue weighted by Crippen LogP contribution is 2.28. The van der Waals surface area contributed by atoms with Crippen LogP contribution in [0, 0.1) is 5.92 Å². The van der Waals surface area contributed by atoms with E-state index in [0.29, 0.717) is 11.6 Å². The quantitative estimate of drug-likeness (QED) is 0.670. The van der Waals surface area contributed by atoms with Crippen LogP contribution in [0.15, 0.2) is 12.4 Å². The van der Waals surface area contributed by atoms with E-state index >= 15 is 0 Å². The second-order valence-electron chi connectivity index (χ2n) is 7.35. The van der Waals surface area contributed by atoms with Crippen LogP contribution in [-0.4, -0.2) is 34.8 Å². The summed E-state index contributed by atoms with van der Waals surface area (Å²) in [7, 11) is 1.42. The number of ether oxygens (including phenoxy) is 1. The summed E-state index contributed by atoms with van der Waals surface area (Å²) in [6.07, 6.45) is 14.3. The molecule has 25 heavy (non-hydrogen) atoms. The number of carbonyl (C=O) groups excluding carboxylic acids is 2.